The number of hydrogen-bond acceptors (Lipinski definition) is 3. The second-order valence-electron chi connectivity index (χ2n) is 2.90. The number of aromatic nitrogens is 2. The van der Waals surface area contributed by atoms with Crippen LogP contribution in [0.4, 0.5) is 4.79 Å². The van der Waals surface area contributed by atoms with Gasteiger partial charge in [0.1, 0.15) is 0 Å². The van der Waals surface area contributed by atoms with E-state index in [2.05, 4.69) is 9.84 Å². The minimum Gasteiger partial charge on any atom is -0.405 e. The molecule has 6 heteroatoms. The van der Waals surface area contributed by atoms with Gasteiger partial charge in [-0.15, -0.1) is 0 Å². The second kappa shape index (κ2) is 2.92. The Morgan fingerprint density at radius 2 is 2.46 bits per heavy atom. The van der Waals surface area contributed by atoms with Gasteiger partial charge >= 0.3 is 6.09 Å². The Kier molecular flexibility index (Phi) is 1.88. The van der Waals surface area contributed by atoms with Crippen LogP contribution in [-0.4, -0.2) is 15.9 Å². The van der Waals surface area contributed by atoms with E-state index in [0.29, 0.717) is 11.2 Å². The molecule has 0 radical (unpaired) electrons. The standard InChI is InChI=1S/C7H8ClN3O2/c8-6-5(13-7(9)12)3-10-11(6)4-1-2-4/h3-4H,1-2H2,(H2,9,12). The maximum Gasteiger partial charge on any atom is 0.410 e. The van der Waals surface area contributed by atoms with Crippen LogP contribution in [-0.2, 0) is 0 Å². The summed E-state index contributed by atoms with van der Waals surface area (Å²) in [6.07, 6.45) is 2.65. The van der Waals surface area contributed by atoms with Crippen molar-refractivity contribution in [2.75, 3.05) is 0 Å². The Balaban J connectivity index is 2.22. The largest absolute Gasteiger partial charge is 0.410 e. The van der Waals surface area contributed by atoms with E-state index >= 15 is 0 Å². The molecule has 0 unspecified atom stereocenters. The van der Waals surface area contributed by atoms with Gasteiger partial charge in [0, 0.05) is 0 Å². The van der Waals surface area contributed by atoms with Crippen LogP contribution in [0.5, 0.6) is 5.75 Å². The van der Waals surface area contributed by atoms with Crippen molar-refractivity contribution in [2.24, 2.45) is 5.73 Å². The van der Waals surface area contributed by atoms with Gasteiger partial charge in [-0.3, -0.25) is 0 Å². The number of ether oxygens (including phenoxy) is 1. The first kappa shape index (κ1) is 8.37. The molecular weight excluding hydrogens is 194 g/mol. The molecule has 0 spiro atoms. The molecule has 1 aliphatic rings. The monoisotopic (exact) mass is 201 g/mol. The summed E-state index contributed by atoms with van der Waals surface area (Å²) in [5.41, 5.74) is 4.84. The Hall–Kier alpha value is -1.23. The van der Waals surface area contributed by atoms with Crippen LogP contribution in [0.2, 0.25) is 5.15 Å². The number of primary amides is 1. The van der Waals surface area contributed by atoms with Gasteiger partial charge in [-0.2, -0.15) is 5.10 Å². The molecule has 1 amide bonds. The number of nitrogens with two attached hydrogens (primary N) is 1. The summed E-state index contributed by atoms with van der Waals surface area (Å²) in [6.45, 7) is 0. The lowest BCUT2D eigenvalue weighted by Gasteiger charge is -1.99. The van der Waals surface area contributed by atoms with Crippen LogP contribution in [0.25, 0.3) is 0 Å². The predicted octanol–water partition coefficient (Wildman–Crippen LogP) is 1.33. The van der Waals surface area contributed by atoms with Crippen molar-refractivity contribution in [3.63, 3.8) is 0 Å². The Labute approximate surface area is 79.4 Å². The van der Waals surface area contributed by atoms with Crippen LogP contribution >= 0.6 is 11.6 Å². The summed E-state index contributed by atoms with van der Waals surface area (Å²) in [5, 5.41) is 4.32. The third-order valence-corrected chi connectivity index (χ3v) is 2.17. The molecule has 5 nitrogen and oxygen atoms in total. The Morgan fingerprint density at radius 3 is 3.00 bits per heavy atom. The highest BCUT2D eigenvalue weighted by atomic mass is 35.5. The normalized spacial score (nSPS) is 15.8. The first-order valence-corrected chi connectivity index (χ1v) is 4.26. The zero-order valence-corrected chi connectivity index (χ0v) is 7.49. The molecule has 1 aromatic rings. The highest BCUT2D eigenvalue weighted by Crippen LogP contribution is 2.39. The third kappa shape index (κ3) is 1.60. The summed E-state index contributed by atoms with van der Waals surface area (Å²) in [4.78, 5) is 10.4. The fourth-order valence-corrected chi connectivity index (χ4v) is 1.35. The molecule has 1 aromatic heterocycles. The number of nitrogens with zero attached hydrogens (tertiary/aromatic N) is 2. The molecule has 1 aliphatic carbocycles. The van der Waals surface area contributed by atoms with Gasteiger partial charge in [0.25, 0.3) is 0 Å². The summed E-state index contributed by atoms with van der Waals surface area (Å²) >= 11 is 5.87. The smallest absolute Gasteiger partial charge is 0.405 e. The van der Waals surface area contributed by atoms with Crippen LogP contribution in [0, 0.1) is 0 Å². The minimum atomic E-state index is -0.878. The van der Waals surface area contributed by atoms with Gasteiger partial charge in [0.05, 0.1) is 12.2 Å². The first-order chi connectivity index (χ1) is 6.18. The quantitative estimate of drug-likeness (QED) is 0.785. The van der Waals surface area contributed by atoms with Crippen molar-refractivity contribution in [3.8, 4) is 5.75 Å². The lowest BCUT2D eigenvalue weighted by atomic mass is 10.6. The highest BCUT2D eigenvalue weighted by Gasteiger charge is 2.28. The molecule has 0 aromatic carbocycles. The van der Waals surface area contributed by atoms with E-state index in [9.17, 15) is 4.79 Å². The van der Waals surface area contributed by atoms with Gasteiger partial charge in [-0.1, -0.05) is 11.6 Å². The maximum absolute atomic E-state index is 10.4. The minimum absolute atomic E-state index is 0.223. The Bertz CT molecular complexity index is 346. The topological polar surface area (TPSA) is 70.1 Å². The molecule has 0 atom stereocenters. The summed E-state index contributed by atoms with van der Waals surface area (Å²) in [6, 6.07) is 0.359. The van der Waals surface area contributed by atoms with Crippen LogP contribution in [0.3, 0.4) is 0 Å². The van der Waals surface area contributed by atoms with Crippen LogP contribution in [0.15, 0.2) is 6.20 Å². The van der Waals surface area contributed by atoms with E-state index in [-0.39, 0.29) is 5.75 Å². The summed E-state index contributed by atoms with van der Waals surface area (Å²) < 4.78 is 6.27. The molecule has 0 aliphatic heterocycles. The number of carbonyl (C=O) groups excluding carboxylic acids is 1. The molecule has 1 saturated carbocycles. The first-order valence-electron chi connectivity index (χ1n) is 3.89. The van der Waals surface area contributed by atoms with Crippen molar-refractivity contribution >= 4 is 17.7 Å². The van der Waals surface area contributed by atoms with Crippen molar-refractivity contribution in [1.29, 1.82) is 0 Å². The molecular formula is C7H8ClN3O2. The number of carbonyl (C=O) groups is 1. The van der Waals surface area contributed by atoms with Gasteiger partial charge in [-0.25, -0.2) is 9.48 Å². The van der Waals surface area contributed by atoms with Gasteiger partial charge in [0.2, 0.25) is 0 Å². The van der Waals surface area contributed by atoms with Gasteiger partial charge in [-0.05, 0) is 12.8 Å². The molecule has 70 valence electrons. The number of hydrogen-bond donors (Lipinski definition) is 1. The fourth-order valence-electron chi connectivity index (χ4n) is 1.08. The van der Waals surface area contributed by atoms with E-state index in [1.807, 2.05) is 0 Å². The van der Waals surface area contributed by atoms with Crippen molar-refractivity contribution in [2.45, 2.75) is 18.9 Å². The lowest BCUT2D eigenvalue weighted by Crippen LogP contribution is -2.16. The zero-order valence-electron chi connectivity index (χ0n) is 6.74. The fraction of sp³-hybridized carbons (Fsp3) is 0.429. The van der Waals surface area contributed by atoms with E-state index in [1.165, 1.54) is 6.20 Å². The van der Waals surface area contributed by atoms with Crippen LogP contribution < -0.4 is 10.5 Å². The van der Waals surface area contributed by atoms with E-state index in [4.69, 9.17) is 17.3 Å². The van der Waals surface area contributed by atoms with Gasteiger partial charge in [0.15, 0.2) is 10.9 Å². The Morgan fingerprint density at radius 1 is 1.77 bits per heavy atom. The maximum atomic E-state index is 10.4. The molecule has 1 heterocycles. The number of rotatable bonds is 2. The average molecular weight is 202 g/mol. The van der Waals surface area contributed by atoms with Gasteiger partial charge < -0.3 is 10.5 Å². The third-order valence-electron chi connectivity index (χ3n) is 1.81. The van der Waals surface area contributed by atoms with Crippen molar-refractivity contribution in [1.82, 2.24) is 9.78 Å². The number of amides is 1. The molecule has 0 bridgehead atoms. The molecule has 2 rings (SSSR count). The van der Waals surface area contributed by atoms with E-state index < -0.39 is 6.09 Å². The number of halogens is 1. The summed E-state index contributed by atoms with van der Waals surface area (Å²) in [5.74, 6) is 0.223. The SMILES string of the molecule is NC(=O)Oc1cnn(C2CC2)c1Cl. The van der Waals surface area contributed by atoms with Crippen molar-refractivity contribution < 1.29 is 9.53 Å². The van der Waals surface area contributed by atoms with E-state index in [0.717, 1.165) is 12.8 Å². The zero-order chi connectivity index (χ0) is 9.42. The molecule has 13 heavy (non-hydrogen) atoms. The lowest BCUT2D eigenvalue weighted by molar-refractivity contribution is 0.211. The second-order valence-corrected chi connectivity index (χ2v) is 3.25. The van der Waals surface area contributed by atoms with Crippen LogP contribution in [0.1, 0.15) is 18.9 Å². The summed E-state index contributed by atoms with van der Waals surface area (Å²) in [7, 11) is 0. The highest BCUT2D eigenvalue weighted by molar-refractivity contribution is 6.31. The van der Waals surface area contributed by atoms with E-state index in [1.54, 1.807) is 4.68 Å². The molecule has 0 saturated heterocycles. The molecule has 1 fully saturated rings. The molecule has 2 N–H and O–H groups in total. The predicted molar refractivity (Wildman–Crippen MR) is 45.7 cm³/mol. The average Bonchev–Trinajstić information content (AvgIpc) is 2.81. The van der Waals surface area contributed by atoms with Crippen molar-refractivity contribution in [3.05, 3.63) is 11.3 Å².